The molecule has 0 spiro atoms. The first-order valence-electron chi connectivity index (χ1n) is 7.56. The molecule has 0 amide bonds. The van der Waals surface area contributed by atoms with Crippen LogP contribution in [0.1, 0.15) is 16.8 Å². The summed E-state index contributed by atoms with van der Waals surface area (Å²) in [5.74, 6) is 0.906. The number of aromatic nitrogens is 1. The van der Waals surface area contributed by atoms with Crippen LogP contribution in [0.5, 0.6) is 0 Å². The monoisotopic (exact) mass is 424 g/mol. The van der Waals surface area contributed by atoms with Gasteiger partial charge in [-0.2, -0.15) is 0 Å². The number of halogens is 1. The van der Waals surface area contributed by atoms with Crippen molar-refractivity contribution in [3.63, 3.8) is 0 Å². The Bertz CT molecular complexity index is 594. The molecule has 23 heavy (non-hydrogen) atoms. The van der Waals surface area contributed by atoms with E-state index >= 15 is 0 Å². The molecule has 4 nitrogen and oxygen atoms in total. The second-order valence-electron chi connectivity index (χ2n) is 5.50. The van der Waals surface area contributed by atoms with Gasteiger partial charge in [-0.15, -0.1) is 24.0 Å². The highest BCUT2D eigenvalue weighted by Crippen LogP contribution is 2.02. The average Bonchev–Trinajstić information content (AvgIpc) is 2.53. The predicted octanol–water partition coefficient (Wildman–Crippen LogP) is 3.26. The Morgan fingerprint density at radius 3 is 2.43 bits per heavy atom. The van der Waals surface area contributed by atoms with Crippen LogP contribution in [0.15, 0.2) is 53.7 Å². The first kappa shape index (κ1) is 19.4. The largest absolute Gasteiger partial charge is 0.356 e. The number of aryl methyl sites for hydroxylation is 1. The number of hydrogen-bond donors (Lipinski definition) is 1. The Labute approximate surface area is 156 Å². The van der Waals surface area contributed by atoms with Crippen LogP contribution in [0.4, 0.5) is 0 Å². The van der Waals surface area contributed by atoms with E-state index in [1.807, 2.05) is 56.4 Å². The number of rotatable bonds is 5. The minimum Gasteiger partial charge on any atom is -0.356 e. The quantitative estimate of drug-likeness (QED) is 0.455. The molecule has 0 aliphatic rings. The normalized spacial score (nSPS) is 10.8. The summed E-state index contributed by atoms with van der Waals surface area (Å²) in [6.07, 6.45) is 2.87. The number of benzene rings is 1. The molecule has 0 saturated carbocycles. The minimum atomic E-state index is 0. The maximum absolute atomic E-state index is 4.65. The molecule has 1 heterocycles. The molecular weight excluding hydrogens is 399 g/mol. The lowest BCUT2D eigenvalue weighted by atomic mass is 10.2. The van der Waals surface area contributed by atoms with E-state index < -0.39 is 0 Å². The van der Waals surface area contributed by atoms with Crippen LogP contribution in [0, 0.1) is 6.92 Å². The summed E-state index contributed by atoms with van der Waals surface area (Å²) in [5.41, 5.74) is 3.50. The van der Waals surface area contributed by atoms with E-state index in [1.54, 1.807) is 0 Å². The van der Waals surface area contributed by atoms with Crippen LogP contribution in [0.2, 0.25) is 0 Å². The highest BCUT2D eigenvalue weighted by molar-refractivity contribution is 14.0. The van der Waals surface area contributed by atoms with Gasteiger partial charge in [0.2, 0.25) is 0 Å². The van der Waals surface area contributed by atoms with Crippen molar-refractivity contribution < 1.29 is 0 Å². The van der Waals surface area contributed by atoms with Gasteiger partial charge in [-0.25, -0.2) is 4.99 Å². The molecule has 0 bridgehead atoms. The maximum Gasteiger partial charge on any atom is 0.193 e. The van der Waals surface area contributed by atoms with Crippen LogP contribution < -0.4 is 5.32 Å². The molecular formula is C18H25IN4. The standard InChI is InChI=1S/C18H24N4.HI/c1-15-9-10-17(13-20-15)11-12-19-18(22(2)3)21-14-16-7-5-4-6-8-16;/h4-10,13H,11-12,14H2,1-3H3,(H,19,21);1H. The summed E-state index contributed by atoms with van der Waals surface area (Å²) < 4.78 is 0. The summed E-state index contributed by atoms with van der Waals surface area (Å²) in [4.78, 5) is 11.0. The molecule has 0 atom stereocenters. The lowest BCUT2D eigenvalue weighted by molar-refractivity contribution is 0.579. The molecule has 2 rings (SSSR count). The summed E-state index contributed by atoms with van der Waals surface area (Å²) in [5, 5.41) is 3.40. The van der Waals surface area contributed by atoms with Crippen molar-refractivity contribution in [2.24, 2.45) is 4.99 Å². The fourth-order valence-corrected chi connectivity index (χ4v) is 2.07. The molecule has 124 valence electrons. The molecule has 0 radical (unpaired) electrons. The molecule has 0 unspecified atom stereocenters. The summed E-state index contributed by atoms with van der Waals surface area (Å²) >= 11 is 0. The lowest BCUT2D eigenvalue weighted by Gasteiger charge is -2.17. The second kappa shape index (κ2) is 10.2. The molecule has 0 saturated heterocycles. The third-order valence-corrected chi connectivity index (χ3v) is 3.35. The van der Waals surface area contributed by atoms with E-state index in [0.717, 1.165) is 24.6 Å². The third-order valence-electron chi connectivity index (χ3n) is 3.35. The first-order chi connectivity index (χ1) is 10.6. The van der Waals surface area contributed by atoms with Gasteiger partial charge in [-0.1, -0.05) is 36.4 Å². The van der Waals surface area contributed by atoms with Crippen LogP contribution in [0.3, 0.4) is 0 Å². The Morgan fingerprint density at radius 2 is 1.83 bits per heavy atom. The van der Waals surface area contributed by atoms with Gasteiger partial charge >= 0.3 is 0 Å². The zero-order valence-corrected chi connectivity index (χ0v) is 16.3. The SMILES string of the molecule is Cc1ccc(CCNC(=NCc2ccccc2)N(C)C)cn1.I. The second-order valence-corrected chi connectivity index (χ2v) is 5.50. The van der Waals surface area contributed by atoms with Gasteiger partial charge < -0.3 is 10.2 Å². The van der Waals surface area contributed by atoms with E-state index in [9.17, 15) is 0 Å². The van der Waals surface area contributed by atoms with Crippen LogP contribution in [0.25, 0.3) is 0 Å². The van der Waals surface area contributed by atoms with Crippen molar-refractivity contribution in [3.8, 4) is 0 Å². The predicted molar refractivity (Wildman–Crippen MR) is 107 cm³/mol. The molecule has 0 fully saturated rings. The van der Waals surface area contributed by atoms with Crippen LogP contribution >= 0.6 is 24.0 Å². The van der Waals surface area contributed by atoms with Gasteiger partial charge in [0.25, 0.3) is 0 Å². The van der Waals surface area contributed by atoms with Crippen molar-refractivity contribution >= 4 is 29.9 Å². The molecule has 1 aromatic carbocycles. The van der Waals surface area contributed by atoms with Gasteiger partial charge in [-0.05, 0) is 30.5 Å². The van der Waals surface area contributed by atoms with E-state index in [1.165, 1.54) is 11.1 Å². The number of hydrogen-bond acceptors (Lipinski definition) is 2. The van der Waals surface area contributed by atoms with Gasteiger partial charge in [-0.3, -0.25) is 4.98 Å². The van der Waals surface area contributed by atoms with Gasteiger partial charge in [0.1, 0.15) is 0 Å². The van der Waals surface area contributed by atoms with E-state index in [4.69, 9.17) is 0 Å². The molecule has 0 aliphatic carbocycles. The molecule has 1 N–H and O–H groups in total. The molecule has 5 heteroatoms. The Balaban J connectivity index is 0.00000264. The summed E-state index contributed by atoms with van der Waals surface area (Å²) in [6, 6.07) is 14.5. The number of pyridine rings is 1. The fourth-order valence-electron chi connectivity index (χ4n) is 2.07. The van der Waals surface area contributed by atoms with Crippen LogP contribution in [-0.4, -0.2) is 36.5 Å². The van der Waals surface area contributed by atoms with Crippen molar-refractivity contribution in [1.82, 2.24) is 15.2 Å². The van der Waals surface area contributed by atoms with Crippen molar-refractivity contribution in [2.75, 3.05) is 20.6 Å². The Kier molecular flexibility index (Phi) is 8.61. The molecule has 2 aromatic rings. The van der Waals surface area contributed by atoms with Gasteiger partial charge in [0, 0.05) is 32.5 Å². The Hall–Kier alpha value is -1.63. The van der Waals surface area contributed by atoms with Crippen LogP contribution in [-0.2, 0) is 13.0 Å². The van der Waals surface area contributed by atoms with E-state index in [0.29, 0.717) is 6.54 Å². The van der Waals surface area contributed by atoms with E-state index in [2.05, 4.69) is 33.5 Å². The van der Waals surface area contributed by atoms with Crippen molar-refractivity contribution in [3.05, 3.63) is 65.5 Å². The minimum absolute atomic E-state index is 0. The highest BCUT2D eigenvalue weighted by Gasteiger charge is 2.02. The van der Waals surface area contributed by atoms with Gasteiger partial charge in [0.15, 0.2) is 5.96 Å². The topological polar surface area (TPSA) is 40.5 Å². The zero-order valence-electron chi connectivity index (χ0n) is 14.0. The molecule has 1 aromatic heterocycles. The zero-order chi connectivity index (χ0) is 15.8. The molecule has 0 aliphatic heterocycles. The number of nitrogens with zero attached hydrogens (tertiary/aromatic N) is 3. The highest BCUT2D eigenvalue weighted by atomic mass is 127. The van der Waals surface area contributed by atoms with Gasteiger partial charge in [0.05, 0.1) is 6.54 Å². The number of guanidine groups is 1. The number of nitrogens with one attached hydrogen (secondary N) is 1. The van der Waals surface area contributed by atoms with Crippen molar-refractivity contribution in [2.45, 2.75) is 19.9 Å². The Morgan fingerprint density at radius 1 is 1.09 bits per heavy atom. The fraction of sp³-hybridized carbons (Fsp3) is 0.333. The lowest BCUT2D eigenvalue weighted by Crippen LogP contribution is -2.37. The maximum atomic E-state index is 4.65. The van der Waals surface area contributed by atoms with Crippen molar-refractivity contribution in [1.29, 1.82) is 0 Å². The average molecular weight is 424 g/mol. The van der Waals surface area contributed by atoms with E-state index in [-0.39, 0.29) is 24.0 Å². The smallest absolute Gasteiger partial charge is 0.193 e. The summed E-state index contributed by atoms with van der Waals surface area (Å²) in [7, 11) is 4.01. The third kappa shape index (κ3) is 6.99. The number of aliphatic imine (C=N–C) groups is 1. The summed E-state index contributed by atoms with van der Waals surface area (Å²) in [6.45, 7) is 3.53. The first-order valence-corrected chi connectivity index (χ1v) is 7.56.